The largest absolute Gasteiger partial charge is 0.256 e. The van der Waals surface area contributed by atoms with Gasteiger partial charge in [-0.2, -0.15) is 0 Å². The Labute approximate surface area is 347 Å². The Hall–Kier alpha value is -7.94. The molecular formula is C58H36N2. The van der Waals surface area contributed by atoms with Gasteiger partial charge in [-0.3, -0.25) is 9.97 Å². The molecule has 0 amide bonds. The fraction of sp³-hybridized carbons (Fsp3) is 0. The third-order valence-electron chi connectivity index (χ3n) is 12.3. The topological polar surface area (TPSA) is 25.8 Å². The van der Waals surface area contributed by atoms with Crippen LogP contribution in [-0.4, -0.2) is 9.97 Å². The maximum Gasteiger partial charge on any atom is 0.0702 e. The minimum Gasteiger partial charge on any atom is -0.256 e. The second kappa shape index (κ2) is 13.9. The summed E-state index contributed by atoms with van der Waals surface area (Å²) in [6, 6.07) is 74.9. The highest BCUT2D eigenvalue weighted by molar-refractivity contribution is 6.25. The maximum atomic E-state index is 4.92. The lowest BCUT2D eigenvalue weighted by Crippen LogP contribution is -1.95. The first kappa shape index (κ1) is 34.1. The zero-order valence-corrected chi connectivity index (χ0v) is 32.7. The fourth-order valence-electron chi connectivity index (χ4n) is 9.75. The first-order valence-electron chi connectivity index (χ1n) is 20.6. The molecule has 60 heavy (non-hydrogen) atoms. The molecule has 0 aliphatic heterocycles. The molecule has 0 bridgehead atoms. The summed E-state index contributed by atoms with van der Waals surface area (Å²) in [5, 5.41) is 12.0. The summed E-state index contributed by atoms with van der Waals surface area (Å²) in [7, 11) is 0. The van der Waals surface area contributed by atoms with E-state index in [0.29, 0.717) is 0 Å². The van der Waals surface area contributed by atoms with E-state index < -0.39 is 0 Å². The average molecular weight is 761 g/mol. The molecule has 0 radical (unpaired) electrons. The van der Waals surface area contributed by atoms with Gasteiger partial charge in [0, 0.05) is 34.3 Å². The Morgan fingerprint density at radius 2 is 0.500 bits per heavy atom. The molecule has 2 heteroatoms. The standard InChI is InChI=1S/C58H36N2/c1-15-31-53-37(17-1)33-39(35-59-53)55-45-23-7-11-27-49(45)57(50-28-12-8-24-46(50)55)43-21-5-3-19-41(43)42-20-4-6-22-44(42)58-51-29-13-9-25-47(51)56(48-26-10-14-30-52(48)58)40-34-38-18-2-16-32-54(38)60-36-40/h1-36H. The van der Waals surface area contributed by atoms with Crippen LogP contribution < -0.4 is 0 Å². The van der Waals surface area contributed by atoms with E-state index in [1.807, 2.05) is 24.5 Å². The molecule has 278 valence electrons. The minimum absolute atomic E-state index is 1.000. The molecule has 0 N–H and O–H groups in total. The third-order valence-corrected chi connectivity index (χ3v) is 12.3. The molecule has 10 aromatic carbocycles. The zero-order valence-electron chi connectivity index (χ0n) is 32.7. The van der Waals surface area contributed by atoms with Crippen LogP contribution in [0.2, 0.25) is 0 Å². The Kier molecular flexibility index (Phi) is 7.89. The molecule has 2 nitrogen and oxygen atoms in total. The summed E-state index contributed by atoms with van der Waals surface area (Å²) < 4.78 is 0. The Morgan fingerprint density at radius 1 is 0.233 bits per heavy atom. The molecule has 0 saturated heterocycles. The van der Waals surface area contributed by atoms with Crippen LogP contribution in [0.5, 0.6) is 0 Å². The predicted octanol–water partition coefficient (Wildman–Crippen LogP) is 15.7. The molecule has 12 rings (SSSR count). The summed E-state index contributed by atoms with van der Waals surface area (Å²) in [4.78, 5) is 9.84. The van der Waals surface area contributed by atoms with Crippen molar-refractivity contribution < 1.29 is 0 Å². The highest BCUT2D eigenvalue weighted by atomic mass is 14.7. The Bertz CT molecular complexity index is 3320. The molecule has 2 heterocycles. The lowest BCUT2D eigenvalue weighted by Gasteiger charge is -2.22. The van der Waals surface area contributed by atoms with Gasteiger partial charge in [0.15, 0.2) is 0 Å². The van der Waals surface area contributed by atoms with Gasteiger partial charge >= 0.3 is 0 Å². The van der Waals surface area contributed by atoms with E-state index in [4.69, 9.17) is 9.97 Å². The van der Waals surface area contributed by atoms with Crippen molar-refractivity contribution in [2.24, 2.45) is 0 Å². The Balaban J connectivity index is 1.12. The summed E-state index contributed by atoms with van der Waals surface area (Å²) in [5.74, 6) is 0. The number of pyridine rings is 2. The number of nitrogens with zero attached hydrogens (tertiary/aromatic N) is 2. The summed E-state index contributed by atoms with van der Waals surface area (Å²) in [6.07, 6.45) is 4.08. The quantitative estimate of drug-likeness (QED) is 0.163. The molecular weight excluding hydrogens is 725 g/mol. The first-order valence-corrected chi connectivity index (χ1v) is 20.6. The van der Waals surface area contributed by atoms with Crippen molar-refractivity contribution in [2.75, 3.05) is 0 Å². The van der Waals surface area contributed by atoms with Crippen molar-refractivity contribution in [1.82, 2.24) is 9.97 Å². The lowest BCUT2D eigenvalue weighted by atomic mass is 9.81. The molecule has 0 unspecified atom stereocenters. The minimum atomic E-state index is 1.000. The molecule has 0 spiro atoms. The summed E-state index contributed by atoms with van der Waals surface area (Å²) in [6.45, 7) is 0. The predicted molar refractivity (Wildman–Crippen MR) is 254 cm³/mol. The summed E-state index contributed by atoms with van der Waals surface area (Å²) >= 11 is 0. The normalized spacial score (nSPS) is 11.7. The van der Waals surface area contributed by atoms with Crippen LogP contribution >= 0.6 is 0 Å². The van der Waals surface area contributed by atoms with Crippen LogP contribution in [0.1, 0.15) is 0 Å². The van der Waals surface area contributed by atoms with Crippen LogP contribution in [0.3, 0.4) is 0 Å². The van der Waals surface area contributed by atoms with Crippen LogP contribution in [-0.2, 0) is 0 Å². The third kappa shape index (κ3) is 5.35. The number of benzene rings is 10. The fourth-order valence-corrected chi connectivity index (χ4v) is 9.75. The highest BCUT2D eigenvalue weighted by Gasteiger charge is 2.23. The van der Waals surface area contributed by atoms with E-state index in [2.05, 4.69) is 194 Å². The van der Waals surface area contributed by atoms with Gasteiger partial charge < -0.3 is 0 Å². The van der Waals surface area contributed by atoms with Crippen LogP contribution in [0.25, 0.3) is 121 Å². The van der Waals surface area contributed by atoms with E-state index >= 15 is 0 Å². The van der Waals surface area contributed by atoms with Crippen molar-refractivity contribution >= 4 is 64.9 Å². The monoisotopic (exact) mass is 760 g/mol. The smallest absolute Gasteiger partial charge is 0.0702 e. The molecule has 0 aliphatic carbocycles. The van der Waals surface area contributed by atoms with Gasteiger partial charge in [-0.15, -0.1) is 0 Å². The second-order valence-corrected chi connectivity index (χ2v) is 15.6. The molecule has 0 saturated carbocycles. The van der Waals surface area contributed by atoms with E-state index in [0.717, 1.165) is 32.9 Å². The van der Waals surface area contributed by atoms with E-state index in [1.165, 1.54) is 87.6 Å². The Morgan fingerprint density at radius 3 is 0.850 bits per heavy atom. The molecule has 0 fully saturated rings. The van der Waals surface area contributed by atoms with E-state index in [9.17, 15) is 0 Å². The number of hydrogen-bond donors (Lipinski definition) is 0. The van der Waals surface area contributed by atoms with Gasteiger partial charge in [0.1, 0.15) is 0 Å². The van der Waals surface area contributed by atoms with Crippen molar-refractivity contribution in [1.29, 1.82) is 0 Å². The summed E-state index contributed by atoms with van der Waals surface area (Å²) in [5.41, 5.74) is 13.9. The van der Waals surface area contributed by atoms with Crippen molar-refractivity contribution in [3.05, 3.63) is 219 Å². The second-order valence-electron chi connectivity index (χ2n) is 15.6. The lowest BCUT2D eigenvalue weighted by molar-refractivity contribution is 1.41. The maximum absolute atomic E-state index is 4.92. The van der Waals surface area contributed by atoms with Crippen molar-refractivity contribution in [3.63, 3.8) is 0 Å². The first-order chi connectivity index (χ1) is 29.8. The number of para-hydroxylation sites is 2. The van der Waals surface area contributed by atoms with Crippen LogP contribution in [0.4, 0.5) is 0 Å². The van der Waals surface area contributed by atoms with Gasteiger partial charge in [0.05, 0.1) is 11.0 Å². The van der Waals surface area contributed by atoms with Crippen molar-refractivity contribution in [2.45, 2.75) is 0 Å². The van der Waals surface area contributed by atoms with Gasteiger partial charge in [-0.05, 0) is 112 Å². The highest BCUT2D eigenvalue weighted by Crippen LogP contribution is 2.50. The van der Waals surface area contributed by atoms with Gasteiger partial charge in [-0.1, -0.05) is 182 Å². The molecule has 0 aliphatic rings. The van der Waals surface area contributed by atoms with E-state index in [-0.39, 0.29) is 0 Å². The molecule has 2 aromatic heterocycles. The van der Waals surface area contributed by atoms with E-state index in [1.54, 1.807) is 0 Å². The van der Waals surface area contributed by atoms with Gasteiger partial charge in [-0.25, -0.2) is 0 Å². The van der Waals surface area contributed by atoms with Gasteiger partial charge in [0.2, 0.25) is 0 Å². The van der Waals surface area contributed by atoms with Crippen LogP contribution in [0.15, 0.2) is 219 Å². The SMILES string of the molecule is c1ccc(-c2c3ccccc3c(-c3cnc4ccccc4c3)c3ccccc23)c(-c2ccccc2-c2c3ccccc3c(-c3cnc4ccccc4c3)c3ccccc23)c1. The number of aromatic nitrogens is 2. The average Bonchev–Trinajstić information content (AvgIpc) is 3.32. The number of hydrogen-bond acceptors (Lipinski definition) is 2. The molecule has 0 atom stereocenters. The molecule has 12 aromatic rings. The number of rotatable bonds is 5. The van der Waals surface area contributed by atoms with Crippen molar-refractivity contribution in [3.8, 4) is 55.6 Å². The van der Waals surface area contributed by atoms with Crippen LogP contribution in [0, 0.1) is 0 Å². The zero-order chi connectivity index (χ0) is 39.6. The van der Waals surface area contributed by atoms with Gasteiger partial charge in [0.25, 0.3) is 0 Å². The number of fused-ring (bicyclic) bond motifs is 6.